The molecule has 3 rings (SSSR count). The zero-order valence-corrected chi connectivity index (χ0v) is 16.6. The summed E-state index contributed by atoms with van der Waals surface area (Å²) in [7, 11) is 0. The smallest absolute Gasteiger partial charge is 0.0730 e. The molecule has 0 unspecified atom stereocenters. The molecule has 0 aliphatic rings. The fourth-order valence-electron chi connectivity index (χ4n) is 3.08. The van der Waals surface area contributed by atoms with Crippen LogP contribution in [0, 0.1) is 0 Å². The maximum Gasteiger partial charge on any atom is 0.113 e. The quantitative estimate of drug-likeness (QED) is 0.485. The molecule has 122 valence electrons. The molecule has 0 aliphatic heterocycles. The topological polar surface area (TPSA) is 0 Å². The highest BCUT2D eigenvalue weighted by atomic mass is 35.9. The van der Waals surface area contributed by atoms with Crippen LogP contribution in [0.3, 0.4) is 0 Å². The highest BCUT2D eigenvalue weighted by molar-refractivity contribution is 8.23. The summed E-state index contributed by atoms with van der Waals surface area (Å²) in [6.07, 6.45) is 0. The molecule has 24 heavy (non-hydrogen) atoms. The van der Waals surface area contributed by atoms with Gasteiger partial charge in [0.2, 0.25) is 0 Å². The van der Waals surface area contributed by atoms with Gasteiger partial charge in [0.15, 0.2) is 0 Å². The lowest BCUT2D eigenvalue weighted by Crippen LogP contribution is -2.28. The van der Waals surface area contributed by atoms with E-state index in [-0.39, 0.29) is 0 Å². The molecule has 0 N–H and O–H groups in total. The summed E-state index contributed by atoms with van der Waals surface area (Å²) in [4.78, 5) is 0. The van der Waals surface area contributed by atoms with Crippen LogP contribution in [-0.2, 0) is 0 Å². The van der Waals surface area contributed by atoms with Crippen molar-refractivity contribution >= 4 is 56.9 Å². The van der Waals surface area contributed by atoms with Crippen molar-refractivity contribution in [2.24, 2.45) is 0 Å². The summed E-state index contributed by atoms with van der Waals surface area (Å²) in [5.74, 6) is 0. The van der Waals surface area contributed by atoms with Gasteiger partial charge in [-0.05, 0) is 34.8 Å². The van der Waals surface area contributed by atoms with Crippen LogP contribution in [0.5, 0.6) is 0 Å². The van der Waals surface area contributed by atoms with E-state index in [1.54, 1.807) is 0 Å². The Bertz CT molecular complexity index is 741. The van der Waals surface area contributed by atoms with E-state index in [4.69, 9.17) is 22.5 Å². The minimum Gasteiger partial charge on any atom is -0.0730 e. The Morgan fingerprint density at radius 2 is 0.917 bits per heavy atom. The van der Waals surface area contributed by atoms with Crippen LogP contribution < -0.4 is 15.9 Å². The Morgan fingerprint density at radius 1 is 0.625 bits per heavy atom. The molecule has 0 heterocycles. The SMILES string of the molecule is CC(P(Cl)Cl)=P(c1ccccc1)(c1ccccc1)c1ccccc1. The van der Waals surface area contributed by atoms with E-state index in [1.165, 1.54) is 20.9 Å². The largest absolute Gasteiger partial charge is 0.113 e. The van der Waals surface area contributed by atoms with Crippen molar-refractivity contribution in [2.75, 3.05) is 0 Å². The number of hydrogen-bond donors (Lipinski definition) is 0. The second-order valence-electron chi connectivity index (χ2n) is 5.46. The Labute approximate surface area is 154 Å². The molecule has 0 saturated carbocycles. The Morgan fingerprint density at radius 3 is 1.17 bits per heavy atom. The summed E-state index contributed by atoms with van der Waals surface area (Å²) in [6.45, 7) is -1.11. The first kappa shape index (κ1) is 17.8. The van der Waals surface area contributed by atoms with E-state index < -0.39 is 13.5 Å². The molecule has 3 aromatic rings. The van der Waals surface area contributed by atoms with Crippen molar-refractivity contribution in [2.45, 2.75) is 6.92 Å². The predicted molar refractivity (Wildman–Crippen MR) is 114 cm³/mol. The van der Waals surface area contributed by atoms with Crippen LogP contribution in [0.1, 0.15) is 6.92 Å². The van der Waals surface area contributed by atoms with Crippen LogP contribution in [-0.4, -0.2) is 5.03 Å². The van der Waals surface area contributed by atoms with Crippen molar-refractivity contribution in [3.05, 3.63) is 91.0 Å². The molecule has 0 amide bonds. The van der Waals surface area contributed by atoms with Crippen molar-refractivity contribution in [1.82, 2.24) is 0 Å². The standard InChI is InChI=1S/C20H18Cl2P2/c1-17(23(21)22)24(18-11-5-2-6-12-18,19-13-7-3-8-14-19)20-15-9-4-10-16-20/h2-16H,1H3. The molecule has 0 atom stereocenters. The van der Waals surface area contributed by atoms with Gasteiger partial charge in [-0.1, -0.05) is 113 Å². The lowest BCUT2D eigenvalue weighted by atomic mass is 10.4. The summed E-state index contributed by atoms with van der Waals surface area (Å²) >= 11 is 13.0. The first-order valence-electron chi connectivity index (χ1n) is 7.69. The number of rotatable bonds is 4. The third kappa shape index (κ3) is 3.22. The van der Waals surface area contributed by atoms with Gasteiger partial charge < -0.3 is 0 Å². The van der Waals surface area contributed by atoms with Crippen molar-refractivity contribution < 1.29 is 0 Å². The maximum absolute atomic E-state index is 6.48. The van der Waals surface area contributed by atoms with Gasteiger partial charge >= 0.3 is 0 Å². The molecule has 0 aromatic heterocycles. The van der Waals surface area contributed by atoms with E-state index in [9.17, 15) is 0 Å². The van der Waals surface area contributed by atoms with Gasteiger partial charge in [0.05, 0.1) is 0 Å². The fourth-order valence-corrected chi connectivity index (χ4v) is 10.9. The van der Waals surface area contributed by atoms with Crippen LogP contribution >= 0.6 is 36.0 Å². The zero-order valence-electron chi connectivity index (χ0n) is 13.3. The lowest BCUT2D eigenvalue weighted by Gasteiger charge is -2.32. The third-order valence-corrected chi connectivity index (χ3v) is 12.6. The highest BCUT2D eigenvalue weighted by Gasteiger charge is 2.30. The van der Waals surface area contributed by atoms with E-state index in [1.807, 2.05) is 18.2 Å². The summed E-state index contributed by atoms with van der Waals surface area (Å²) in [5, 5.41) is 5.03. The Hall–Kier alpha value is -1.03. The molecule has 0 spiro atoms. The van der Waals surface area contributed by atoms with E-state index in [0.717, 1.165) is 0 Å². The van der Waals surface area contributed by atoms with Gasteiger partial charge in [-0.25, -0.2) is 0 Å². The lowest BCUT2D eigenvalue weighted by molar-refractivity contribution is 1.73. The van der Waals surface area contributed by atoms with E-state index in [0.29, 0.717) is 0 Å². The molecule has 0 nitrogen and oxygen atoms in total. The van der Waals surface area contributed by atoms with Gasteiger partial charge in [-0.3, -0.25) is 0 Å². The number of benzene rings is 3. The molecule has 0 bridgehead atoms. The highest BCUT2D eigenvalue weighted by Crippen LogP contribution is 2.59. The Balaban J connectivity index is 2.51. The van der Waals surface area contributed by atoms with Crippen LogP contribution in [0.25, 0.3) is 0 Å². The minimum atomic E-state index is -2.02. The summed E-state index contributed by atoms with van der Waals surface area (Å²) < 4.78 is 0. The summed E-state index contributed by atoms with van der Waals surface area (Å²) in [6, 6.07) is 31.9. The molecule has 0 aliphatic carbocycles. The molecule has 0 fully saturated rings. The molecular formula is C20H18Cl2P2. The average Bonchev–Trinajstić information content (AvgIpc) is 2.65. The maximum atomic E-state index is 6.48. The molecular weight excluding hydrogens is 373 g/mol. The van der Waals surface area contributed by atoms with Crippen LogP contribution in [0.15, 0.2) is 91.0 Å². The Kier molecular flexibility index (Phi) is 5.85. The second kappa shape index (κ2) is 7.90. The van der Waals surface area contributed by atoms with Crippen LogP contribution in [0.4, 0.5) is 0 Å². The first-order valence-corrected chi connectivity index (χ1v) is 12.6. The zero-order chi connectivity index (χ0) is 17.0. The monoisotopic (exact) mass is 390 g/mol. The predicted octanol–water partition coefficient (Wildman–Crippen LogP) is 5.92. The van der Waals surface area contributed by atoms with Gasteiger partial charge in [0.1, 0.15) is 6.63 Å². The van der Waals surface area contributed by atoms with Gasteiger partial charge in [-0.15, -0.1) is 0 Å². The fraction of sp³-hybridized carbons (Fsp3) is 0.0500. The van der Waals surface area contributed by atoms with Crippen molar-refractivity contribution in [3.63, 3.8) is 0 Å². The molecule has 0 radical (unpaired) electrons. The number of halogens is 2. The van der Waals surface area contributed by atoms with Gasteiger partial charge in [0, 0.05) is 0 Å². The summed E-state index contributed by atoms with van der Waals surface area (Å²) in [5.41, 5.74) is 0. The van der Waals surface area contributed by atoms with Gasteiger partial charge in [-0.2, -0.15) is 0 Å². The molecule has 0 saturated heterocycles. The average molecular weight is 391 g/mol. The van der Waals surface area contributed by atoms with Gasteiger partial charge in [0.25, 0.3) is 0 Å². The van der Waals surface area contributed by atoms with Crippen molar-refractivity contribution in [3.8, 4) is 0 Å². The van der Waals surface area contributed by atoms with E-state index >= 15 is 0 Å². The molecule has 4 heteroatoms. The third-order valence-electron chi connectivity index (χ3n) is 4.16. The number of hydrogen-bond acceptors (Lipinski definition) is 0. The van der Waals surface area contributed by atoms with Crippen molar-refractivity contribution in [1.29, 1.82) is 0 Å². The van der Waals surface area contributed by atoms with Crippen LogP contribution in [0.2, 0.25) is 0 Å². The first-order chi connectivity index (χ1) is 11.7. The second-order valence-corrected chi connectivity index (χ2v) is 13.1. The normalized spacial score (nSPS) is 11.5. The molecule has 3 aromatic carbocycles. The van der Waals surface area contributed by atoms with E-state index in [2.05, 4.69) is 79.7 Å². The minimum absolute atomic E-state index is 1.17.